The van der Waals surface area contributed by atoms with E-state index in [1.807, 2.05) is 0 Å². The van der Waals surface area contributed by atoms with E-state index in [9.17, 15) is 167 Å². The van der Waals surface area contributed by atoms with Crippen LogP contribution < -0.4 is 14.2 Å². The third-order valence-electron chi connectivity index (χ3n) is 14.5. The number of hydrogen-bond donors (Lipinski definition) is 15. The van der Waals surface area contributed by atoms with Gasteiger partial charge in [0.05, 0.1) is 19.3 Å². The molecule has 60 nitrogen and oxygen atoms in total. The standard InChI is InChI=1S/C46H67N3O57S8/c1-12(50)87-8-18(7-22(56)57)95-42-24(48-109(69,70)71)30(91-14(3)52)27(19(96-42)9-88-111(75,76)77)99-45-39(106-114(84,85)86)35(94-17(6)55)33(37(104-45)41(61)62)102-44-25(49-110(72,73)74)31(92-15(4)53)28(20(97-44)10-89-112(78,79)80)100-46-38(105-113(81,82)83)34(93-16(5)54)32(36(103-46)40(59)60)101-43-23(47-108(66,67)68)29(90-13(2)51)26(58)21(98-43)11-107(63,64)65/h7,19-21,23-39,42-49,58H,8-11H2,1-6H3,(H,56,57)(H,59,60)(H,61,62)(H,63,64,65)(H,66,67,68)(H,69,70,71)(H,72,73,74)(H,75,76,77)(H,78,79,80)(H,81,82,83)(H,84,85,86)/b18-7+. The van der Waals surface area contributed by atoms with Crippen LogP contribution in [0.3, 0.4) is 0 Å². The zero-order valence-electron chi connectivity index (χ0n) is 57.3. The Kier molecular flexibility index (Phi) is 33.4. The van der Waals surface area contributed by atoms with Crippen LogP contribution in [0.5, 0.6) is 0 Å². The predicted molar refractivity (Wildman–Crippen MR) is 335 cm³/mol. The Balaban J connectivity index is 1.79. The SMILES string of the molecule is CC(=O)OC/C(=C\C(=O)O)OC1OC(COS(=O)(=O)O)C(OC2OC(C(=O)O)C(OC3OC(COS(=O)(=O)O)C(OC4OC(C(=O)O)C(OC5OC(CS(=O)(=O)O)C(O)C(OC(C)=O)C5NS(=O)(=O)O)C(OC(C)=O)C4OS(=O)(=O)O)C(OC(C)=O)C3NS(=O)(=O)O)C(OC(C)=O)C2OS(=O)(=O)O)C(OC(C)=O)C1NS(=O)(=O)O. The average Bonchev–Trinajstić information content (AvgIpc) is 0.754. The van der Waals surface area contributed by atoms with Gasteiger partial charge < -0.3 is 96.2 Å². The number of nitrogens with one attached hydrogen (secondary N) is 3. The van der Waals surface area contributed by atoms with Gasteiger partial charge in [0.2, 0.25) is 6.29 Å². The zero-order chi connectivity index (χ0) is 87.0. The fourth-order valence-electron chi connectivity index (χ4n) is 11.1. The van der Waals surface area contributed by atoms with Gasteiger partial charge in [0.25, 0.3) is 10.1 Å². The summed E-state index contributed by atoms with van der Waals surface area (Å²) in [6.07, 6.45) is -67.4. The first kappa shape index (κ1) is 97.9. The minimum Gasteiger partial charge on any atom is -0.479 e. The fraction of sp³-hybridized carbons (Fsp3) is 0.761. The molecule has 0 aromatic rings. The first-order chi connectivity index (χ1) is 51.8. The van der Waals surface area contributed by atoms with Gasteiger partial charge in [0.15, 0.2) is 80.1 Å². The molecular formula is C46H67N3O57S8. The van der Waals surface area contributed by atoms with Gasteiger partial charge in [-0.3, -0.25) is 65.2 Å². The van der Waals surface area contributed by atoms with E-state index >= 15 is 0 Å². The lowest BCUT2D eigenvalue weighted by Gasteiger charge is -2.51. The van der Waals surface area contributed by atoms with Crippen molar-refractivity contribution in [3.05, 3.63) is 11.8 Å². The molecular weight excluding hydrogens is 1760 g/mol. The van der Waals surface area contributed by atoms with Crippen molar-refractivity contribution >= 4 is 136 Å². The van der Waals surface area contributed by atoms with Gasteiger partial charge in [-0.15, -0.1) is 0 Å². The molecule has 5 aliphatic heterocycles. The Hall–Kier alpha value is -6.63. The number of aliphatic carboxylic acids is 3. The third-order valence-corrected chi connectivity index (χ3v) is 18.8. The highest BCUT2D eigenvalue weighted by Gasteiger charge is 2.64. The van der Waals surface area contributed by atoms with Crippen LogP contribution in [0.1, 0.15) is 41.5 Å². The molecule has 25 atom stereocenters. The first-order valence-corrected chi connectivity index (χ1v) is 41.5. The monoisotopic (exact) mass is 1830 g/mol. The van der Waals surface area contributed by atoms with Crippen molar-refractivity contribution in [3.8, 4) is 0 Å². The summed E-state index contributed by atoms with van der Waals surface area (Å²) in [5.41, 5.74) is 0. The number of carbonyl (C=O) groups excluding carboxylic acids is 6. The van der Waals surface area contributed by atoms with E-state index in [4.69, 9.17) is 71.1 Å². The van der Waals surface area contributed by atoms with Crippen LogP contribution in [0.4, 0.5) is 0 Å². The molecule has 5 fully saturated rings. The van der Waals surface area contributed by atoms with Crippen molar-refractivity contribution < 1.29 is 260 Å². The van der Waals surface area contributed by atoms with Gasteiger partial charge in [-0.2, -0.15) is 81.5 Å². The van der Waals surface area contributed by atoms with Crippen LogP contribution in [0.15, 0.2) is 11.8 Å². The Morgan fingerprint density at radius 2 is 0.675 bits per heavy atom. The van der Waals surface area contributed by atoms with E-state index in [1.54, 1.807) is 0 Å². The van der Waals surface area contributed by atoms with Crippen LogP contribution in [0.25, 0.3) is 0 Å². The van der Waals surface area contributed by atoms with Gasteiger partial charge in [-0.1, -0.05) is 0 Å². The van der Waals surface area contributed by atoms with Gasteiger partial charge in [0.1, 0.15) is 85.1 Å². The molecule has 0 saturated carbocycles. The molecule has 0 radical (unpaired) electrons. The van der Waals surface area contributed by atoms with Crippen LogP contribution >= 0.6 is 0 Å². The molecule has 25 unspecified atom stereocenters. The molecule has 0 bridgehead atoms. The highest BCUT2D eigenvalue weighted by Crippen LogP contribution is 2.41. The smallest absolute Gasteiger partial charge is 0.397 e. The van der Waals surface area contributed by atoms with Crippen molar-refractivity contribution in [2.75, 3.05) is 25.6 Å². The summed E-state index contributed by atoms with van der Waals surface area (Å²) < 4.78 is 390. The second-order valence-electron chi connectivity index (χ2n) is 23.3. The summed E-state index contributed by atoms with van der Waals surface area (Å²) in [4.78, 5) is 116. The summed E-state index contributed by atoms with van der Waals surface area (Å²) in [7, 11) is -48.0. The Morgan fingerprint density at radius 1 is 0.360 bits per heavy atom. The molecule has 0 aliphatic carbocycles. The summed E-state index contributed by atoms with van der Waals surface area (Å²) in [6, 6.07) is -8.75. The highest BCUT2D eigenvalue weighted by atomic mass is 32.3. The number of hydrogen-bond acceptors (Lipinski definition) is 46. The number of carboxylic acid groups (broad SMARTS) is 3. The molecule has 5 rings (SSSR count). The van der Waals surface area contributed by atoms with Crippen LogP contribution in [0, 0.1) is 0 Å². The number of carbonyl (C=O) groups is 9. The van der Waals surface area contributed by atoms with Crippen molar-refractivity contribution in [2.24, 2.45) is 0 Å². The van der Waals surface area contributed by atoms with Crippen molar-refractivity contribution in [3.63, 3.8) is 0 Å². The lowest BCUT2D eigenvalue weighted by molar-refractivity contribution is -0.372. The third kappa shape index (κ3) is 31.0. The normalized spacial score (nSPS) is 32.9. The van der Waals surface area contributed by atoms with Gasteiger partial charge in [0, 0.05) is 41.5 Å². The van der Waals surface area contributed by atoms with Crippen LogP contribution in [-0.4, -0.2) is 357 Å². The average molecular weight is 1830 g/mol. The molecule has 5 saturated heterocycles. The number of carboxylic acids is 3. The van der Waals surface area contributed by atoms with E-state index < -0.39 is 321 Å². The van der Waals surface area contributed by atoms with Crippen LogP contribution in [-0.2, 0) is 218 Å². The quantitative estimate of drug-likeness (QED) is 0.00897. The predicted octanol–water partition coefficient (Wildman–Crippen LogP) is -10.9. The fourth-order valence-corrected chi connectivity index (χ4v) is 15.1. The van der Waals surface area contributed by atoms with E-state index in [0.717, 1.165) is 6.92 Å². The first-order valence-electron chi connectivity index (χ1n) is 30.1. The van der Waals surface area contributed by atoms with E-state index in [0.29, 0.717) is 34.6 Å². The molecule has 5 aliphatic rings. The Morgan fingerprint density at radius 3 is 0.982 bits per heavy atom. The molecule has 114 heavy (non-hydrogen) atoms. The second kappa shape index (κ2) is 38.8. The number of rotatable bonds is 38. The number of ether oxygens (including phenoxy) is 16. The lowest BCUT2D eigenvalue weighted by atomic mass is 9.94. The number of aliphatic hydroxyl groups excluding tert-OH is 1. The van der Waals surface area contributed by atoms with Crippen molar-refractivity contribution in [2.45, 2.75) is 195 Å². The van der Waals surface area contributed by atoms with Crippen molar-refractivity contribution in [1.82, 2.24) is 14.2 Å². The van der Waals surface area contributed by atoms with E-state index in [2.05, 4.69) is 21.5 Å². The molecule has 15 N–H and O–H groups in total. The summed E-state index contributed by atoms with van der Waals surface area (Å²) in [5.74, 6) is -19.8. The molecule has 5 heterocycles. The second-order valence-corrected chi connectivity index (χ2v) is 32.6. The van der Waals surface area contributed by atoms with Crippen molar-refractivity contribution in [1.29, 1.82) is 0 Å². The summed E-state index contributed by atoms with van der Waals surface area (Å²) in [5, 5.41) is 42.4. The van der Waals surface area contributed by atoms with Gasteiger partial charge in [-0.25, -0.2) is 31.1 Å². The number of esters is 6. The molecule has 68 heteroatoms. The minimum atomic E-state index is -6.41. The maximum Gasteiger partial charge on any atom is 0.397 e. The minimum absolute atomic E-state index is 0.0812. The highest BCUT2D eigenvalue weighted by molar-refractivity contribution is 7.86. The Bertz CT molecular complexity index is 4540. The summed E-state index contributed by atoms with van der Waals surface area (Å²) in [6.45, 7) is -2.27. The van der Waals surface area contributed by atoms with Gasteiger partial charge >= 0.3 is 126 Å². The topological polar surface area (TPSA) is 890 Å². The molecule has 0 aromatic carbocycles. The molecule has 656 valence electrons. The Labute approximate surface area is 639 Å². The maximum atomic E-state index is 13.7. The molecule has 0 amide bonds. The molecule has 0 aromatic heterocycles. The molecule has 0 spiro atoms. The maximum absolute atomic E-state index is 13.7. The van der Waals surface area contributed by atoms with Gasteiger partial charge in [-0.05, 0) is 0 Å². The van der Waals surface area contributed by atoms with E-state index in [-0.39, 0.29) is 6.08 Å². The van der Waals surface area contributed by atoms with E-state index in [1.165, 1.54) is 14.2 Å². The largest absolute Gasteiger partial charge is 0.479 e. The number of aliphatic hydroxyl groups is 1. The summed E-state index contributed by atoms with van der Waals surface area (Å²) >= 11 is 0. The zero-order valence-corrected chi connectivity index (χ0v) is 63.9. The lowest BCUT2D eigenvalue weighted by Crippen LogP contribution is -2.72. The van der Waals surface area contributed by atoms with Crippen LogP contribution in [0.2, 0.25) is 0 Å².